The standard InChI is InChI=1S/C18H19N3O2/c1-22-17-5-3-2-4-13(17)16-12-14-15(20-16)6-7-19-18(14)21-8-10-23-11-9-21/h2-7,12,20H,8-11H2,1H3. The normalized spacial score (nSPS) is 15.1. The van der Waals surface area contributed by atoms with Gasteiger partial charge in [0.2, 0.25) is 0 Å². The summed E-state index contributed by atoms with van der Waals surface area (Å²) in [6.07, 6.45) is 1.86. The molecule has 1 fully saturated rings. The number of hydrogen-bond donors (Lipinski definition) is 1. The number of aromatic nitrogens is 2. The first-order valence-corrected chi connectivity index (χ1v) is 7.80. The molecule has 3 heterocycles. The number of ether oxygens (including phenoxy) is 2. The number of H-pyrrole nitrogens is 1. The zero-order chi connectivity index (χ0) is 15.6. The highest BCUT2D eigenvalue weighted by Crippen LogP contribution is 2.34. The van der Waals surface area contributed by atoms with Crippen molar-refractivity contribution >= 4 is 16.7 Å². The number of pyridine rings is 1. The van der Waals surface area contributed by atoms with Gasteiger partial charge in [-0.15, -0.1) is 0 Å². The van der Waals surface area contributed by atoms with E-state index in [1.807, 2.05) is 30.5 Å². The molecule has 0 atom stereocenters. The van der Waals surface area contributed by atoms with Gasteiger partial charge in [-0.3, -0.25) is 0 Å². The summed E-state index contributed by atoms with van der Waals surface area (Å²) in [5.41, 5.74) is 3.18. The number of fused-ring (bicyclic) bond motifs is 1. The molecular formula is C18H19N3O2. The van der Waals surface area contributed by atoms with Gasteiger partial charge in [0.05, 0.1) is 31.5 Å². The zero-order valence-electron chi connectivity index (χ0n) is 13.1. The lowest BCUT2D eigenvalue weighted by Gasteiger charge is -2.28. The van der Waals surface area contributed by atoms with E-state index in [1.165, 1.54) is 0 Å². The van der Waals surface area contributed by atoms with Gasteiger partial charge in [0.1, 0.15) is 11.6 Å². The van der Waals surface area contributed by atoms with Crippen molar-refractivity contribution in [1.82, 2.24) is 9.97 Å². The van der Waals surface area contributed by atoms with Crippen LogP contribution in [0.3, 0.4) is 0 Å². The van der Waals surface area contributed by atoms with Gasteiger partial charge in [0.15, 0.2) is 0 Å². The maximum Gasteiger partial charge on any atom is 0.138 e. The zero-order valence-corrected chi connectivity index (χ0v) is 13.1. The van der Waals surface area contributed by atoms with Gasteiger partial charge in [-0.1, -0.05) is 12.1 Å². The van der Waals surface area contributed by atoms with Gasteiger partial charge in [0.25, 0.3) is 0 Å². The van der Waals surface area contributed by atoms with Crippen LogP contribution < -0.4 is 9.64 Å². The van der Waals surface area contributed by atoms with Crippen molar-refractivity contribution in [2.24, 2.45) is 0 Å². The number of nitrogens with zero attached hydrogens (tertiary/aromatic N) is 2. The summed E-state index contributed by atoms with van der Waals surface area (Å²) >= 11 is 0. The van der Waals surface area contributed by atoms with Crippen molar-refractivity contribution in [3.63, 3.8) is 0 Å². The lowest BCUT2D eigenvalue weighted by Crippen LogP contribution is -2.36. The Labute approximate surface area is 134 Å². The van der Waals surface area contributed by atoms with E-state index in [0.717, 1.165) is 60.0 Å². The second kappa shape index (κ2) is 5.93. The number of rotatable bonds is 3. The Morgan fingerprint density at radius 3 is 2.83 bits per heavy atom. The monoisotopic (exact) mass is 309 g/mol. The molecule has 1 aliphatic heterocycles. The van der Waals surface area contributed by atoms with E-state index in [9.17, 15) is 0 Å². The van der Waals surface area contributed by atoms with Gasteiger partial charge in [0, 0.05) is 30.2 Å². The van der Waals surface area contributed by atoms with Gasteiger partial charge >= 0.3 is 0 Å². The summed E-state index contributed by atoms with van der Waals surface area (Å²) in [7, 11) is 1.70. The fourth-order valence-electron chi connectivity index (χ4n) is 3.08. The Hall–Kier alpha value is -2.53. The molecule has 1 aliphatic rings. The molecule has 0 amide bonds. The number of aromatic amines is 1. The fraction of sp³-hybridized carbons (Fsp3) is 0.278. The van der Waals surface area contributed by atoms with Gasteiger partial charge in [-0.2, -0.15) is 0 Å². The van der Waals surface area contributed by atoms with Crippen molar-refractivity contribution < 1.29 is 9.47 Å². The van der Waals surface area contributed by atoms with Crippen LogP contribution in [0, 0.1) is 0 Å². The van der Waals surface area contributed by atoms with Gasteiger partial charge in [-0.05, 0) is 24.3 Å². The van der Waals surface area contributed by atoms with Gasteiger partial charge in [-0.25, -0.2) is 4.98 Å². The summed E-state index contributed by atoms with van der Waals surface area (Å²) in [6.45, 7) is 3.26. The van der Waals surface area contributed by atoms with Gasteiger partial charge < -0.3 is 19.4 Å². The Bertz CT molecular complexity index is 822. The topological polar surface area (TPSA) is 50.4 Å². The van der Waals surface area contributed by atoms with E-state index in [-0.39, 0.29) is 0 Å². The van der Waals surface area contributed by atoms with Crippen molar-refractivity contribution in [2.45, 2.75) is 0 Å². The molecule has 0 bridgehead atoms. The molecule has 1 aromatic carbocycles. The minimum atomic E-state index is 0.752. The summed E-state index contributed by atoms with van der Waals surface area (Å²) in [5, 5.41) is 1.13. The average Bonchev–Trinajstić information content (AvgIpc) is 3.06. The largest absolute Gasteiger partial charge is 0.496 e. The molecule has 118 valence electrons. The SMILES string of the molecule is COc1ccccc1-c1cc2c(N3CCOCC3)nccc2[nH]1. The first-order chi connectivity index (χ1) is 11.4. The highest BCUT2D eigenvalue weighted by molar-refractivity contribution is 5.94. The van der Waals surface area contributed by atoms with E-state index in [0.29, 0.717) is 0 Å². The molecule has 2 aromatic heterocycles. The molecule has 1 saturated heterocycles. The third-order valence-electron chi connectivity index (χ3n) is 4.23. The molecular weight excluding hydrogens is 290 g/mol. The summed E-state index contributed by atoms with van der Waals surface area (Å²) in [4.78, 5) is 10.4. The fourth-order valence-corrected chi connectivity index (χ4v) is 3.08. The summed E-state index contributed by atoms with van der Waals surface area (Å²) in [6, 6.07) is 12.2. The van der Waals surface area contributed by atoms with E-state index in [4.69, 9.17) is 9.47 Å². The van der Waals surface area contributed by atoms with Crippen molar-refractivity contribution in [1.29, 1.82) is 0 Å². The molecule has 5 nitrogen and oxygen atoms in total. The number of morpholine rings is 1. The molecule has 0 radical (unpaired) electrons. The smallest absolute Gasteiger partial charge is 0.138 e. The molecule has 23 heavy (non-hydrogen) atoms. The minimum absolute atomic E-state index is 0.752. The Kier molecular flexibility index (Phi) is 3.63. The molecule has 0 aliphatic carbocycles. The number of benzene rings is 1. The van der Waals surface area contributed by atoms with Crippen LogP contribution in [0.15, 0.2) is 42.6 Å². The first-order valence-electron chi connectivity index (χ1n) is 7.80. The molecule has 0 spiro atoms. The van der Waals surface area contributed by atoms with Crippen LogP contribution in [0.2, 0.25) is 0 Å². The highest BCUT2D eigenvalue weighted by Gasteiger charge is 2.17. The van der Waals surface area contributed by atoms with Crippen LogP contribution in [0.1, 0.15) is 0 Å². The number of methoxy groups -OCH3 is 1. The lowest BCUT2D eigenvalue weighted by molar-refractivity contribution is 0.122. The minimum Gasteiger partial charge on any atom is -0.496 e. The Morgan fingerprint density at radius 2 is 2.00 bits per heavy atom. The molecule has 0 unspecified atom stereocenters. The number of nitrogens with one attached hydrogen (secondary N) is 1. The quantitative estimate of drug-likeness (QED) is 0.808. The van der Waals surface area contributed by atoms with E-state index in [2.05, 4.69) is 27.0 Å². The summed E-state index contributed by atoms with van der Waals surface area (Å²) in [5.74, 6) is 1.88. The van der Waals surface area contributed by atoms with Crippen molar-refractivity contribution in [3.05, 3.63) is 42.6 Å². The van der Waals surface area contributed by atoms with Crippen LogP contribution >= 0.6 is 0 Å². The van der Waals surface area contributed by atoms with Crippen LogP contribution in [-0.2, 0) is 4.74 Å². The number of para-hydroxylation sites is 1. The van der Waals surface area contributed by atoms with E-state index in [1.54, 1.807) is 7.11 Å². The lowest BCUT2D eigenvalue weighted by atomic mass is 10.1. The van der Waals surface area contributed by atoms with Crippen LogP contribution in [-0.4, -0.2) is 43.4 Å². The third kappa shape index (κ3) is 2.53. The second-order valence-electron chi connectivity index (χ2n) is 5.58. The Balaban J connectivity index is 1.81. The maximum atomic E-state index is 5.48. The Morgan fingerprint density at radius 1 is 1.17 bits per heavy atom. The predicted molar refractivity (Wildman–Crippen MR) is 91.1 cm³/mol. The summed E-state index contributed by atoms with van der Waals surface area (Å²) < 4.78 is 10.9. The molecule has 3 aromatic rings. The maximum absolute atomic E-state index is 5.48. The first kappa shape index (κ1) is 14.1. The van der Waals surface area contributed by atoms with E-state index < -0.39 is 0 Å². The van der Waals surface area contributed by atoms with Crippen molar-refractivity contribution in [3.8, 4) is 17.0 Å². The molecule has 0 saturated carbocycles. The molecule has 4 rings (SSSR count). The predicted octanol–water partition coefficient (Wildman–Crippen LogP) is 3.08. The molecule has 1 N–H and O–H groups in total. The third-order valence-corrected chi connectivity index (χ3v) is 4.23. The number of anilines is 1. The van der Waals surface area contributed by atoms with Crippen LogP contribution in [0.5, 0.6) is 5.75 Å². The van der Waals surface area contributed by atoms with E-state index >= 15 is 0 Å². The highest BCUT2D eigenvalue weighted by atomic mass is 16.5. The van der Waals surface area contributed by atoms with Crippen LogP contribution in [0.25, 0.3) is 22.2 Å². The van der Waals surface area contributed by atoms with Crippen molar-refractivity contribution in [2.75, 3.05) is 38.3 Å². The number of hydrogen-bond acceptors (Lipinski definition) is 4. The molecule has 5 heteroatoms. The van der Waals surface area contributed by atoms with Crippen LogP contribution in [0.4, 0.5) is 5.82 Å². The second-order valence-corrected chi connectivity index (χ2v) is 5.58. The average molecular weight is 309 g/mol.